The Kier molecular flexibility index (Phi) is 6.31. The molecule has 0 aliphatic heterocycles. The van der Waals surface area contributed by atoms with Gasteiger partial charge in [-0.15, -0.1) is 0 Å². The van der Waals surface area contributed by atoms with Gasteiger partial charge < -0.3 is 19.9 Å². The largest absolute Gasteiger partial charge is 0.493 e. The molecule has 0 spiro atoms. The minimum absolute atomic E-state index is 0.122. The molecule has 2 N–H and O–H groups in total. The molecule has 6 nitrogen and oxygen atoms in total. The van der Waals surface area contributed by atoms with Gasteiger partial charge in [-0.25, -0.2) is 0 Å². The van der Waals surface area contributed by atoms with E-state index in [1.165, 1.54) is 7.11 Å². The predicted octanol–water partition coefficient (Wildman–Crippen LogP) is 2.86. The molecule has 0 aromatic heterocycles. The van der Waals surface area contributed by atoms with Crippen LogP contribution in [-0.4, -0.2) is 30.7 Å². The van der Waals surface area contributed by atoms with Crippen molar-refractivity contribution in [2.45, 2.75) is 32.7 Å². The van der Waals surface area contributed by atoms with Crippen LogP contribution in [0.25, 0.3) is 0 Å². The van der Waals surface area contributed by atoms with Gasteiger partial charge in [-0.2, -0.15) is 0 Å². The van der Waals surface area contributed by atoms with Gasteiger partial charge in [0.05, 0.1) is 24.7 Å². The minimum Gasteiger partial charge on any atom is -0.493 e. The smallest absolute Gasteiger partial charge is 0.306 e. The van der Waals surface area contributed by atoms with Gasteiger partial charge in [0, 0.05) is 12.5 Å². The number of halogens is 1. The normalized spacial score (nSPS) is 19.8. The Morgan fingerprint density at radius 1 is 1.33 bits per heavy atom. The summed E-state index contributed by atoms with van der Waals surface area (Å²) in [6.45, 7) is 2.63. The van der Waals surface area contributed by atoms with E-state index in [4.69, 9.17) is 26.2 Å². The van der Waals surface area contributed by atoms with Crippen molar-refractivity contribution in [2.24, 2.45) is 11.8 Å². The van der Waals surface area contributed by atoms with Crippen LogP contribution >= 0.6 is 11.6 Å². The van der Waals surface area contributed by atoms with Crippen LogP contribution in [0.4, 0.5) is 0 Å². The van der Waals surface area contributed by atoms with Crippen LogP contribution < -0.4 is 14.8 Å². The Morgan fingerprint density at radius 3 is 2.62 bits per heavy atom. The van der Waals surface area contributed by atoms with Crippen molar-refractivity contribution < 1.29 is 24.2 Å². The Bertz CT molecular complexity index is 619. The molecule has 1 amide bonds. The van der Waals surface area contributed by atoms with E-state index >= 15 is 0 Å². The van der Waals surface area contributed by atoms with Crippen LogP contribution in [0.1, 0.15) is 31.7 Å². The third kappa shape index (κ3) is 4.32. The maximum absolute atomic E-state index is 12.2. The number of benzene rings is 1. The van der Waals surface area contributed by atoms with Crippen LogP contribution in [0, 0.1) is 11.8 Å². The lowest BCUT2D eigenvalue weighted by molar-refractivity contribution is -0.141. The average molecular weight is 356 g/mol. The lowest BCUT2D eigenvalue weighted by atomic mass is 10.0. The number of methoxy groups -OCH3 is 1. The molecule has 0 unspecified atom stereocenters. The summed E-state index contributed by atoms with van der Waals surface area (Å²) < 4.78 is 10.7. The van der Waals surface area contributed by atoms with Gasteiger partial charge in [0.25, 0.3) is 0 Å². The van der Waals surface area contributed by atoms with E-state index in [9.17, 15) is 9.59 Å². The topological polar surface area (TPSA) is 84.9 Å². The highest BCUT2D eigenvalue weighted by Gasteiger charge is 2.33. The molecule has 2 atom stereocenters. The monoisotopic (exact) mass is 355 g/mol. The van der Waals surface area contributed by atoms with Gasteiger partial charge in [-0.05, 0) is 43.9 Å². The zero-order chi connectivity index (χ0) is 17.7. The minimum atomic E-state index is -0.826. The number of carbonyl (C=O) groups is 2. The zero-order valence-corrected chi connectivity index (χ0v) is 14.6. The number of hydrogen-bond donors (Lipinski definition) is 2. The highest BCUT2D eigenvalue weighted by Crippen LogP contribution is 2.36. The lowest BCUT2D eigenvalue weighted by Gasteiger charge is -2.15. The maximum atomic E-state index is 12.2. The first kappa shape index (κ1) is 18.4. The number of carbonyl (C=O) groups excluding carboxylic acids is 1. The number of ether oxygens (including phenoxy) is 2. The molecule has 1 aliphatic carbocycles. The van der Waals surface area contributed by atoms with Gasteiger partial charge in [0.2, 0.25) is 5.91 Å². The van der Waals surface area contributed by atoms with Crippen LogP contribution in [-0.2, 0) is 16.1 Å². The Labute approximate surface area is 146 Å². The van der Waals surface area contributed by atoms with Gasteiger partial charge >= 0.3 is 5.97 Å². The number of carboxylic acid groups (broad SMARTS) is 1. The maximum Gasteiger partial charge on any atom is 0.306 e. The number of carboxylic acids is 1. The van der Waals surface area contributed by atoms with E-state index < -0.39 is 11.9 Å². The van der Waals surface area contributed by atoms with Crippen LogP contribution in [0.5, 0.6) is 11.5 Å². The number of hydrogen-bond acceptors (Lipinski definition) is 4. The quantitative estimate of drug-likeness (QED) is 0.785. The SMILES string of the molecule is CCOc1c(Cl)cc(CNC(=O)[C@@H]2CC[C@H](C(=O)O)C2)cc1OC. The van der Waals surface area contributed by atoms with Crippen molar-refractivity contribution in [2.75, 3.05) is 13.7 Å². The highest BCUT2D eigenvalue weighted by atomic mass is 35.5. The molecule has 2 rings (SSSR count). The fourth-order valence-electron chi connectivity index (χ4n) is 2.94. The second kappa shape index (κ2) is 8.24. The molecule has 0 heterocycles. The molecule has 0 bridgehead atoms. The summed E-state index contributed by atoms with van der Waals surface area (Å²) in [5.41, 5.74) is 0.793. The summed E-state index contributed by atoms with van der Waals surface area (Å²) >= 11 is 6.21. The molecule has 1 aliphatic rings. The third-order valence-corrected chi connectivity index (χ3v) is 4.48. The fraction of sp³-hybridized carbons (Fsp3) is 0.529. The van der Waals surface area contributed by atoms with Crippen LogP contribution in [0.3, 0.4) is 0 Å². The third-order valence-electron chi connectivity index (χ3n) is 4.20. The molecular weight excluding hydrogens is 334 g/mol. The van der Waals surface area contributed by atoms with Gasteiger partial charge in [0.15, 0.2) is 11.5 Å². The lowest BCUT2D eigenvalue weighted by Crippen LogP contribution is -2.29. The van der Waals surface area contributed by atoms with E-state index in [2.05, 4.69) is 5.32 Å². The first-order valence-corrected chi connectivity index (χ1v) is 8.33. The Balaban J connectivity index is 1.98. The van der Waals surface area contributed by atoms with Crippen molar-refractivity contribution in [1.29, 1.82) is 0 Å². The number of amides is 1. The van der Waals surface area contributed by atoms with Crippen molar-refractivity contribution >= 4 is 23.5 Å². The summed E-state index contributed by atoms with van der Waals surface area (Å²) in [7, 11) is 1.53. The van der Waals surface area contributed by atoms with Crippen molar-refractivity contribution in [3.63, 3.8) is 0 Å². The molecule has 1 saturated carbocycles. The summed E-state index contributed by atoms with van der Waals surface area (Å²) in [6.07, 6.45) is 1.56. The van der Waals surface area contributed by atoms with Gasteiger partial charge in [0.1, 0.15) is 0 Å². The van der Waals surface area contributed by atoms with Gasteiger partial charge in [-0.1, -0.05) is 11.6 Å². The molecular formula is C17H22ClNO5. The second-order valence-corrected chi connectivity index (χ2v) is 6.21. The molecule has 0 radical (unpaired) electrons. The van der Waals surface area contributed by atoms with Crippen molar-refractivity contribution in [3.05, 3.63) is 22.7 Å². The molecule has 1 aromatic carbocycles. The summed E-state index contributed by atoms with van der Waals surface area (Å²) in [6, 6.07) is 3.50. The van der Waals surface area contributed by atoms with E-state index in [1.807, 2.05) is 6.92 Å². The molecule has 1 aromatic rings. The molecule has 1 fully saturated rings. The highest BCUT2D eigenvalue weighted by molar-refractivity contribution is 6.32. The van der Waals surface area contributed by atoms with E-state index in [0.717, 1.165) is 5.56 Å². The average Bonchev–Trinajstić information content (AvgIpc) is 3.05. The summed E-state index contributed by atoms with van der Waals surface area (Å²) in [5, 5.41) is 12.3. The van der Waals surface area contributed by atoms with Crippen molar-refractivity contribution in [3.8, 4) is 11.5 Å². The van der Waals surface area contributed by atoms with Crippen LogP contribution in [0.15, 0.2) is 12.1 Å². The molecule has 7 heteroatoms. The molecule has 0 saturated heterocycles. The first-order chi connectivity index (χ1) is 11.5. The molecule has 132 valence electrons. The summed E-state index contributed by atoms with van der Waals surface area (Å²) in [4.78, 5) is 23.2. The van der Waals surface area contributed by atoms with Crippen LogP contribution in [0.2, 0.25) is 5.02 Å². The van der Waals surface area contributed by atoms with Crippen molar-refractivity contribution in [1.82, 2.24) is 5.32 Å². The number of aliphatic carboxylic acids is 1. The Morgan fingerprint density at radius 2 is 2.04 bits per heavy atom. The predicted molar refractivity (Wildman–Crippen MR) is 89.5 cm³/mol. The van der Waals surface area contributed by atoms with E-state index in [1.54, 1.807) is 12.1 Å². The Hall–Kier alpha value is -1.95. The van der Waals surface area contributed by atoms with Gasteiger partial charge in [-0.3, -0.25) is 9.59 Å². The first-order valence-electron chi connectivity index (χ1n) is 7.96. The fourth-order valence-corrected chi connectivity index (χ4v) is 3.22. The summed E-state index contributed by atoms with van der Waals surface area (Å²) in [5.74, 6) is -0.611. The second-order valence-electron chi connectivity index (χ2n) is 5.80. The van der Waals surface area contributed by atoms with E-state index in [0.29, 0.717) is 48.9 Å². The van der Waals surface area contributed by atoms with E-state index in [-0.39, 0.29) is 11.8 Å². The standard InChI is InChI=1S/C17H22ClNO5/c1-3-24-15-13(18)6-10(7-14(15)23-2)9-19-16(20)11-4-5-12(8-11)17(21)22/h6-7,11-12H,3-5,8-9H2,1-2H3,(H,19,20)(H,21,22)/t11-,12+/m1/s1. The molecule has 24 heavy (non-hydrogen) atoms. The number of nitrogens with one attached hydrogen (secondary N) is 1. The number of rotatable bonds is 7. The zero-order valence-electron chi connectivity index (χ0n) is 13.8.